The predicted octanol–water partition coefficient (Wildman–Crippen LogP) is 2.36. The number of likely N-dealkylation sites (tertiary alicyclic amines) is 1. The molecule has 2 heterocycles. The van der Waals surface area contributed by atoms with E-state index < -0.39 is 0 Å². The van der Waals surface area contributed by atoms with Gasteiger partial charge < -0.3 is 10.2 Å². The number of piperidine rings is 1. The minimum absolute atomic E-state index is 0.120. The molecule has 7 heteroatoms. The Hall–Kier alpha value is -2.31. The van der Waals surface area contributed by atoms with Crippen LogP contribution in [0.15, 0.2) is 17.4 Å². The molecular weight excluding hydrogens is 344 g/mol. The summed E-state index contributed by atoms with van der Waals surface area (Å²) in [4.78, 5) is 39.3. The fourth-order valence-electron chi connectivity index (χ4n) is 4.35. The fraction of sp³-hybridized carbons (Fsp3) is 0.650. The van der Waals surface area contributed by atoms with E-state index in [0.717, 1.165) is 44.2 Å². The van der Waals surface area contributed by atoms with E-state index in [4.69, 9.17) is 0 Å². The monoisotopic (exact) mass is 374 g/mol. The number of hydrogen-bond acceptors (Lipinski definition) is 3. The van der Waals surface area contributed by atoms with Gasteiger partial charge in [-0.15, -0.1) is 0 Å². The predicted molar refractivity (Wildman–Crippen MR) is 105 cm³/mol. The van der Waals surface area contributed by atoms with Crippen LogP contribution in [-0.2, 0) is 16.6 Å². The lowest BCUT2D eigenvalue weighted by Gasteiger charge is -2.31. The standard InChI is InChI=1S/C20H30N4O3/c1-4-17(25)23-12-8-9-15(13-23)19(26)21-18-14(2)22(3)24(20(18)27)16-10-6-5-7-11-16/h4,15-16H,1,5-13H2,2-3H3,(H,21,26). The minimum Gasteiger partial charge on any atom is -0.338 e. The number of nitrogens with zero attached hydrogens (tertiary/aromatic N) is 3. The Labute approximate surface area is 160 Å². The third kappa shape index (κ3) is 3.87. The number of hydrogen-bond donors (Lipinski definition) is 1. The lowest BCUT2D eigenvalue weighted by atomic mass is 9.96. The van der Waals surface area contributed by atoms with E-state index >= 15 is 0 Å². The summed E-state index contributed by atoms with van der Waals surface area (Å²) in [5.41, 5.74) is 1.03. The van der Waals surface area contributed by atoms with Crippen molar-refractivity contribution in [1.82, 2.24) is 14.3 Å². The second kappa shape index (κ2) is 8.15. The molecule has 1 N–H and O–H groups in total. The van der Waals surface area contributed by atoms with Crippen LogP contribution in [0.2, 0.25) is 0 Å². The first-order valence-corrected chi connectivity index (χ1v) is 9.94. The summed E-state index contributed by atoms with van der Waals surface area (Å²) >= 11 is 0. The summed E-state index contributed by atoms with van der Waals surface area (Å²) in [6.07, 6.45) is 8.28. The Bertz CT molecular complexity index is 786. The smallest absolute Gasteiger partial charge is 0.290 e. The van der Waals surface area contributed by atoms with Crippen molar-refractivity contribution in [2.24, 2.45) is 13.0 Å². The van der Waals surface area contributed by atoms with Gasteiger partial charge in [0.25, 0.3) is 5.56 Å². The van der Waals surface area contributed by atoms with Gasteiger partial charge in [-0.25, -0.2) is 4.68 Å². The molecule has 1 saturated heterocycles. The zero-order valence-electron chi connectivity index (χ0n) is 16.4. The Kier molecular flexibility index (Phi) is 5.87. The van der Waals surface area contributed by atoms with Crippen LogP contribution in [0.1, 0.15) is 56.7 Å². The van der Waals surface area contributed by atoms with Gasteiger partial charge in [0.2, 0.25) is 11.8 Å². The zero-order valence-corrected chi connectivity index (χ0v) is 16.4. The Morgan fingerprint density at radius 1 is 1.15 bits per heavy atom. The first-order chi connectivity index (χ1) is 12.9. The van der Waals surface area contributed by atoms with E-state index in [-0.39, 0.29) is 29.3 Å². The molecule has 0 aromatic carbocycles. The third-order valence-corrected chi connectivity index (χ3v) is 6.04. The highest BCUT2D eigenvalue weighted by Gasteiger charge is 2.30. The summed E-state index contributed by atoms with van der Waals surface area (Å²) in [5, 5.41) is 2.87. The van der Waals surface area contributed by atoms with Crippen molar-refractivity contribution in [3.05, 3.63) is 28.7 Å². The molecule has 1 aromatic rings. The van der Waals surface area contributed by atoms with Crippen molar-refractivity contribution < 1.29 is 9.59 Å². The molecule has 1 aliphatic heterocycles. The lowest BCUT2D eigenvalue weighted by molar-refractivity contribution is -0.130. The number of anilines is 1. The van der Waals surface area contributed by atoms with Gasteiger partial charge in [0.1, 0.15) is 5.69 Å². The average Bonchev–Trinajstić information content (AvgIpc) is 2.91. The maximum atomic E-state index is 13.0. The molecule has 7 nitrogen and oxygen atoms in total. The second-order valence-electron chi connectivity index (χ2n) is 7.74. The molecule has 1 aromatic heterocycles. The zero-order chi connectivity index (χ0) is 19.6. The topological polar surface area (TPSA) is 76.3 Å². The van der Waals surface area contributed by atoms with Crippen molar-refractivity contribution in [2.75, 3.05) is 18.4 Å². The Morgan fingerprint density at radius 2 is 1.85 bits per heavy atom. The fourth-order valence-corrected chi connectivity index (χ4v) is 4.35. The Balaban J connectivity index is 1.77. The molecule has 27 heavy (non-hydrogen) atoms. The number of carbonyl (C=O) groups is 2. The van der Waals surface area contributed by atoms with Crippen LogP contribution in [0.5, 0.6) is 0 Å². The maximum Gasteiger partial charge on any atom is 0.290 e. The van der Waals surface area contributed by atoms with Gasteiger partial charge in [0.15, 0.2) is 0 Å². The van der Waals surface area contributed by atoms with Crippen molar-refractivity contribution >= 4 is 17.5 Å². The van der Waals surface area contributed by atoms with Gasteiger partial charge in [-0.2, -0.15) is 0 Å². The summed E-state index contributed by atoms with van der Waals surface area (Å²) in [7, 11) is 1.88. The molecule has 148 valence electrons. The van der Waals surface area contributed by atoms with Gasteiger partial charge in [-0.3, -0.25) is 19.1 Å². The third-order valence-electron chi connectivity index (χ3n) is 6.04. The minimum atomic E-state index is -0.301. The summed E-state index contributed by atoms with van der Waals surface area (Å²) in [6, 6.07) is 0.205. The van der Waals surface area contributed by atoms with Gasteiger partial charge in [0.05, 0.1) is 17.7 Å². The molecule has 1 aliphatic carbocycles. The molecule has 1 saturated carbocycles. The van der Waals surface area contributed by atoms with Crippen molar-refractivity contribution in [3.8, 4) is 0 Å². The maximum absolute atomic E-state index is 13.0. The van der Waals surface area contributed by atoms with Crippen LogP contribution in [-0.4, -0.2) is 39.2 Å². The molecule has 2 amide bonds. The van der Waals surface area contributed by atoms with Crippen LogP contribution in [0, 0.1) is 12.8 Å². The van der Waals surface area contributed by atoms with Crippen LogP contribution < -0.4 is 10.9 Å². The van der Waals surface area contributed by atoms with E-state index in [0.29, 0.717) is 18.8 Å². The molecule has 1 atom stereocenters. The Morgan fingerprint density at radius 3 is 2.52 bits per heavy atom. The van der Waals surface area contributed by atoms with Crippen LogP contribution in [0.25, 0.3) is 0 Å². The largest absolute Gasteiger partial charge is 0.338 e. The summed E-state index contributed by atoms with van der Waals surface area (Å²) < 4.78 is 3.68. The first kappa shape index (κ1) is 19.5. The van der Waals surface area contributed by atoms with E-state index in [2.05, 4.69) is 11.9 Å². The van der Waals surface area contributed by atoms with Crippen molar-refractivity contribution in [2.45, 2.75) is 57.9 Å². The number of carbonyl (C=O) groups excluding carboxylic acids is 2. The summed E-state index contributed by atoms with van der Waals surface area (Å²) in [6.45, 7) is 6.40. The van der Waals surface area contributed by atoms with E-state index in [9.17, 15) is 14.4 Å². The van der Waals surface area contributed by atoms with Crippen LogP contribution >= 0.6 is 0 Å². The molecular formula is C20H30N4O3. The lowest BCUT2D eigenvalue weighted by Crippen LogP contribution is -2.43. The molecule has 2 aliphatic rings. The van der Waals surface area contributed by atoms with Crippen molar-refractivity contribution in [3.63, 3.8) is 0 Å². The van der Waals surface area contributed by atoms with Gasteiger partial charge in [-0.1, -0.05) is 25.8 Å². The van der Waals surface area contributed by atoms with Gasteiger partial charge >= 0.3 is 0 Å². The molecule has 1 unspecified atom stereocenters. The highest BCUT2D eigenvalue weighted by Crippen LogP contribution is 2.28. The van der Waals surface area contributed by atoms with E-state index in [1.807, 2.05) is 18.7 Å². The van der Waals surface area contributed by atoms with E-state index in [1.165, 1.54) is 12.5 Å². The van der Waals surface area contributed by atoms with Crippen molar-refractivity contribution in [1.29, 1.82) is 0 Å². The number of nitrogens with one attached hydrogen (secondary N) is 1. The number of aromatic nitrogens is 2. The molecule has 0 radical (unpaired) electrons. The number of amides is 2. The highest BCUT2D eigenvalue weighted by atomic mass is 16.2. The quantitative estimate of drug-likeness (QED) is 0.822. The molecule has 0 bridgehead atoms. The van der Waals surface area contributed by atoms with Crippen LogP contribution in [0.3, 0.4) is 0 Å². The second-order valence-corrected chi connectivity index (χ2v) is 7.74. The first-order valence-electron chi connectivity index (χ1n) is 9.94. The summed E-state index contributed by atoms with van der Waals surface area (Å²) in [5.74, 6) is -0.633. The normalized spacial score (nSPS) is 21.1. The van der Waals surface area contributed by atoms with E-state index in [1.54, 1.807) is 9.58 Å². The van der Waals surface area contributed by atoms with Gasteiger partial charge in [-0.05, 0) is 38.7 Å². The SMILES string of the molecule is C=CC(=O)N1CCCC(C(=O)Nc2c(C)n(C)n(C3CCCCC3)c2=O)C1. The highest BCUT2D eigenvalue weighted by molar-refractivity contribution is 5.94. The van der Waals surface area contributed by atoms with Crippen LogP contribution in [0.4, 0.5) is 5.69 Å². The molecule has 2 fully saturated rings. The molecule has 0 spiro atoms. The molecule has 3 rings (SSSR count). The number of rotatable bonds is 4. The van der Waals surface area contributed by atoms with Gasteiger partial charge in [0, 0.05) is 20.1 Å². The average molecular weight is 374 g/mol.